The summed E-state index contributed by atoms with van der Waals surface area (Å²) in [7, 11) is 1.80. The molecular formula is C16H24N2O2. The first kappa shape index (κ1) is 13.7. The van der Waals surface area contributed by atoms with Crippen molar-refractivity contribution in [3.63, 3.8) is 0 Å². The fourth-order valence-electron chi connectivity index (χ4n) is 3.18. The summed E-state index contributed by atoms with van der Waals surface area (Å²) >= 11 is 0. The summed E-state index contributed by atoms with van der Waals surface area (Å²) in [6.07, 6.45) is 1.63. The van der Waals surface area contributed by atoms with Gasteiger partial charge in [-0.05, 0) is 18.6 Å². The van der Waals surface area contributed by atoms with E-state index >= 15 is 0 Å². The molecule has 0 saturated heterocycles. The van der Waals surface area contributed by atoms with Crippen molar-refractivity contribution >= 4 is 5.69 Å². The molecule has 0 amide bonds. The monoisotopic (exact) mass is 276 g/mol. The van der Waals surface area contributed by atoms with Crippen LogP contribution in [-0.4, -0.2) is 38.4 Å². The summed E-state index contributed by atoms with van der Waals surface area (Å²) in [5.74, 6) is 0.952. The standard InChI is InChI=1S/C16H24N2O2/c1-16(2)14(8-15(16)19-3)18-10-11-9-17-12-6-4-5-7-13(12)20-11/h4-7,11,14-15,17-18H,8-10H2,1-3H3. The second-order valence-electron chi connectivity index (χ2n) is 6.36. The van der Waals surface area contributed by atoms with Gasteiger partial charge in [0.05, 0.1) is 18.3 Å². The summed E-state index contributed by atoms with van der Waals surface area (Å²) in [5.41, 5.74) is 1.29. The molecule has 1 fully saturated rings. The summed E-state index contributed by atoms with van der Waals surface area (Å²) in [4.78, 5) is 0. The summed E-state index contributed by atoms with van der Waals surface area (Å²) < 4.78 is 11.5. The van der Waals surface area contributed by atoms with Crippen molar-refractivity contribution in [2.24, 2.45) is 5.41 Å². The van der Waals surface area contributed by atoms with Crippen molar-refractivity contribution in [2.45, 2.75) is 38.5 Å². The van der Waals surface area contributed by atoms with E-state index in [0.29, 0.717) is 12.1 Å². The lowest BCUT2D eigenvalue weighted by Gasteiger charge is -2.51. The molecule has 110 valence electrons. The molecule has 1 aromatic carbocycles. The topological polar surface area (TPSA) is 42.5 Å². The maximum absolute atomic E-state index is 6.02. The van der Waals surface area contributed by atoms with E-state index in [0.717, 1.165) is 30.9 Å². The normalized spacial score (nSPS) is 30.6. The second kappa shape index (κ2) is 5.26. The van der Waals surface area contributed by atoms with E-state index in [2.05, 4.69) is 30.5 Å². The maximum atomic E-state index is 6.02. The minimum Gasteiger partial charge on any atom is -0.485 e. The van der Waals surface area contributed by atoms with Crippen LogP contribution in [0.4, 0.5) is 5.69 Å². The average molecular weight is 276 g/mol. The highest BCUT2D eigenvalue weighted by molar-refractivity contribution is 5.57. The van der Waals surface area contributed by atoms with Gasteiger partial charge in [-0.3, -0.25) is 0 Å². The van der Waals surface area contributed by atoms with Gasteiger partial charge < -0.3 is 20.1 Å². The van der Waals surface area contributed by atoms with Crippen LogP contribution in [0.15, 0.2) is 24.3 Å². The first-order valence-electron chi connectivity index (χ1n) is 7.37. The molecule has 3 atom stereocenters. The van der Waals surface area contributed by atoms with Gasteiger partial charge in [0.2, 0.25) is 0 Å². The van der Waals surface area contributed by atoms with Gasteiger partial charge in [0.15, 0.2) is 0 Å². The van der Waals surface area contributed by atoms with E-state index < -0.39 is 0 Å². The molecule has 3 rings (SSSR count). The second-order valence-corrected chi connectivity index (χ2v) is 6.36. The Balaban J connectivity index is 1.52. The minimum atomic E-state index is 0.183. The number of hydrogen-bond donors (Lipinski definition) is 2. The van der Waals surface area contributed by atoms with Crippen LogP contribution in [0, 0.1) is 5.41 Å². The summed E-state index contributed by atoms with van der Waals surface area (Å²) in [6.45, 7) is 6.24. The molecule has 2 aliphatic rings. The van der Waals surface area contributed by atoms with Crippen LogP contribution in [0.5, 0.6) is 5.75 Å². The smallest absolute Gasteiger partial charge is 0.142 e. The van der Waals surface area contributed by atoms with Crippen molar-refractivity contribution in [1.29, 1.82) is 0 Å². The summed E-state index contributed by atoms with van der Waals surface area (Å²) in [6, 6.07) is 8.61. The molecule has 1 aliphatic carbocycles. The first-order chi connectivity index (χ1) is 9.61. The lowest BCUT2D eigenvalue weighted by molar-refractivity contribution is -0.0987. The Kier molecular flexibility index (Phi) is 3.61. The Morgan fingerprint density at radius 3 is 2.95 bits per heavy atom. The predicted molar refractivity (Wildman–Crippen MR) is 80.3 cm³/mol. The fraction of sp³-hybridized carbons (Fsp3) is 0.625. The van der Waals surface area contributed by atoms with Crippen molar-refractivity contribution in [2.75, 3.05) is 25.5 Å². The molecule has 0 spiro atoms. The largest absolute Gasteiger partial charge is 0.485 e. The van der Waals surface area contributed by atoms with Gasteiger partial charge in [0.1, 0.15) is 11.9 Å². The minimum absolute atomic E-state index is 0.183. The van der Waals surface area contributed by atoms with Gasteiger partial charge in [-0.15, -0.1) is 0 Å². The number of anilines is 1. The third kappa shape index (κ3) is 2.38. The molecule has 0 bridgehead atoms. The Hall–Kier alpha value is -1.26. The zero-order valence-corrected chi connectivity index (χ0v) is 12.5. The number of fused-ring (bicyclic) bond motifs is 1. The summed E-state index contributed by atoms with van der Waals surface area (Å²) in [5, 5.41) is 7.05. The van der Waals surface area contributed by atoms with Crippen molar-refractivity contribution in [3.05, 3.63) is 24.3 Å². The fourth-order valence-corrected chi connectivity index (χ4v) is 3.18. The molecule has 1 saturated carbocycles. The quantitative estimate of drug-likeness (QED) is 0.885. The Labute approximate surface area is 120 Å². The van der Waals surface area contributed by atoms with E-state index in [4.69, 9.17) is 9.47 Å². The molecule has 1 heterocycles. The van der Waals surface area contributed by atoms with Gasteiger partial charge in [-0.1, -0.05) is 26.0 Å². The molecule has 0 aromatic heterocycles. The van der Waals surface area contributed by atoms with Crippen molar-refractivity contribution in [3.8, 4) is 5.75 Å². The van der Waals surface area contributed by atoms with Gasteiger partial charge in [0.25, 0.3) is 0 Å². The zero-order valence-electron chi connectivity index (χ0n) is 12.5. The third-order valence-electron chi connectivity index (χ3n) is 4.76. The molecule has 4 nitrogen and oxygen atoms in total. The molecule has 2 N–H and O–H groups in total. The van der Waals surface area contributed by atoms with Gasteiger partial charge in [-0.25, -0.2) is 0 Å². The van der Waals surface area contributed by atoms with Crippen molar-refractivity contribution < 1.29 is 9.47 Å². The van der Waals surface area contributed by atoms with Gasteiger partial charge >= 0.3 is 0 Å². The molecule has 3 unspecified atom stereocenters. The molecule has 20 heavy (non-hydrogen) atoms. The van der Waals surface area contributed by atoms with E-state index in [-0.39, 0.29) is 11.5 Å². The molecule has 1 aliphatic heterocycles. The van der Waals surface area contributed by atoms with E-state index in [1.54, 1.807) is 7.11 Å². The zero-order chi connectivity index (χ0) is 14.2. The highest BCUT2D eigenvalue weighted by Gasteiger charge is 2.48. The van der Waals surface area contributed by atoms with Crippen LogP contribution in [0.1, 0.15) is 20.3 Å². The van der Waals surface area contributed by atoms with Crippen LogP contribution in [-0.2, 0) is 4.74 Å². The van der Waals surface area contributed by atoms with Crippen LogP contribution in [0.2, 0.25) is 0 Å². The van der Waals surface area contributed by atoms with Crippen molar-refractivity contribution in [1.82, 2.24) is 5.32 Å². The average Bonchev–Trinajstić information content (AvgIpc) is 2.46. The van der Waals surface area contributed by atoms with Crippen LogP contribution >= 0.6 is 0 Å². The highest BCUT2D eigenvalue weighted by Crippen LogP contribution is 2.42. The predicted octanol–water partition coefficient (Wildman–Crippen LogP) is 2.26. The first-order valence-corrected chi connectivity index (χ1v) is 7.37. The number of nitrogens with one attached hydrogen (secondary N) is 2. The molecule has 4 heteroatoms. The van der Waals surface area contributed by atoms with Gasteiger partial charge in [-0.2, -0.15) is 0 Å². The molecular weight excluding hydrogens is 252 g/mol. The number of benzene rings is 1. The Morgan fingerprint density at radius 1 is 1.40 bits per heavy atom. The molecule has 0 radical (unpaired) electrons. The number of ether oxygens (including phenoxy) is 2. The van der Waals surface area contributed by atoms with E-state index in [9.17, 15) is 0 Å². The molecule has 1 aromatic rings. The lowest BCUT2D eigenvalue weighted by atomic mass is 9.64. The Morgan fingerprint density at radius 2 is 2.20 bits per heavy atom. The number of methoxy groups -OCH3 is 1. The van der Waals surface area contributed by atoms with Crippen LogP contribution in [0.25, 0.3) is 0 Å². The lowest BCUT2D eigenvalue weighted by Crippen LogP contribution is -2.62. The van der Waals surface area contributed by atoms with Gasteiger partial charge in [0, 0.05) is 25.1 Å². The third-order valence-corrected chi connectivity index (χ3v) is 4.76. The Bertz CT molecular complexity index is 475. The van der Waals surface area contributed by atoms with E-state index in [1.807, 2.05) is 18.2 Å². The highest BCUT2D eigenvalue weighted by atomic mass is 16.5. The van der Waals surface area contributed by atoms with E-state index in [1.165, 1.54) is 0 Å². The van der Waals surface area contributed by atoms with Crippen LogP contribution in [0.3, 0.4) is 0 Å². The van der Waals surface area contributed by atoms with Crippen LogP contribution < -0.4 is 15.4 Å². The SMILES string of the molecule is COC1CC(NCC2CNc3ccccc3O2)C1(C)C. The number of para-hydroxylation sites is 2. The number of hydrogen-bond acceptors (Lipinski definition) is 4. The maximum Gasteiger partial charge on any atom is 0.142 e. The number of rotatable bonds is 4.